The van der Waals surface area contributed by atoms with Crippen molar-refractivity contribution in [1.29, 1.82) is 0 Å². The molecule has 0 aliphatic rings. The van der Waals surface area contributed by atoms with E-state index < -0.39 is 6.10 Å². The molecule has 2 heterocycles. The van der Waals surface area contributed by atoms with E-state index in [1.165, 1.54) is 6.33 Å². The number of rotatable bonds is 5. The molecule has 0 aromatic carbocycles. The third-order valence-corrected chi connectivity index (χ3v) is 2.90. The van der Waals surface area contributed by atoms with E-state index in [0.717, 1.165) is 4.47 Å². The Morgan fingerprint density at radius 3 is 3.12 bits per heavy atom. The number of nitrogens with one attached hydrogen (secondary N) is 1. The first-order chi connectivity index (χ1) is 8.24. The predicted octanol–water partition coefficient (Wildman–Crippen LogP) is 0.492. The fraction of sp³-hybridized carbons (Fsp3) is 0.444. The summed E-state index contributed by atoms with van der Waals surface area (Å²) in [7, 11) is 1.62. The molecule has 0 amide bonds. The Morgan fingerprint density at radius 2 is 2.47 bits per heavy atom. The zero-order chi connectivity index (χ0) is 12.3. The van der Waals surface area contributed by atoms with Crippen molar-refractivity contribution in [2.45, 2.75) is 12.6 Å². The van der Waals surface area contributed by atoms with Crippen molar-refractivity contribution >= 4 is 15.9 Å². The van der Waals surface area contributed by atoms with Gasteiger partial charge in [-0.2, -0.15) is 10.2 Å². The van der Waals surface area contributed by atoms with E-state index in [-0.39, 0.29) is 0 Å². The summed E-state index contributed by atoms with van der Waals surface area (Å²) in [4.78, 5) is 3.92. The van der Waals surface area contributed by atoms with E-state index in [0.29, 0.717) is 24.7 Å². The van der Waals surface area contributed by atoms with Gasteiger partial charge < -0.3 is 9.84 Å². The van der Waals surface area contributed by atoms with Crippen molar-refractivity contribution in [3.63, 3.8) is 0 Å². The second-order valence-electron chi connectivity index (χ2n) is 3.37. The molecule has 2 rings (SSSR count). The minimum Gasteiger partial charge on any atom is -0.383 e. The van der Waals surface area contributed by atoms with Crippen molar-refractivity contribution in [2.75, 3.05) is 13.7 Å². The van der Waals surface area contributed by atoms with Gasteiger partial charge in [-0.1, -0.05) is 0 Å². The van der Waals surface area contributed by atoms with E-state index in [1.807, 2.05) is 0 Å². The largest absolute Gasteiger partial charge is 0.383 e. The molecule has 7 nitrogen and oxygen atoms in total. The summed E-state index contributed by atoms with van der Waals surface area (Å²) in [5.41, 5.74) is 0.624. The highest BCUT2D eigenvalue weighted by atomic mass is 79.9. The molecule has 0 radical (unpaired) electrons. The van der Waals surface area contributed by atoms with Gasteiger partial charge in [0.1, 0.15) is 6.33 Å². The normalized spacial score (nSPS) is 12.9. The van der Waals surface area contributed by atoms with Crippen LogP contribution in [0.15, 0.2) is 17.0 Å². The molecule has 0 saturated carbocycles. The quantitative estimate of drug-likeness (QED) is 0.839. The molecule has 0 aliphatic carbocycles. The summed E-state index contributed by atoms with van der Waals surface area (Å²) in [6, 6.07) is 0. The van der Waals surface area contributed by atoms with Crippen LogP contribution in [0.25, 0.3) is 0 Å². The smallest absolute Gasteiger partial charge is 0.159 e. The van der Waals surface area contributed by atoms with E-state index >= 15 is 0 Å². The maximum Gasteiger partial charge on any atom is 0.159 e. The van der Waals surface area contributed by atoms with Crippen molar-refractivity contribution in [1.82, 2.24) is 25.0 Å². The summed E-state index contributed by atoms with van der Waals surface area (Å²) < 4.78 is 7.37. The Morgan fingerprint density at radius 1 is 1.65 bits per heavy atom. The Kier molecular flexibility index (Phi) is 3.87. The number of hydrogen-bond acceptors (Lipinski definition) is 5. The van der Waals surface area contributed by atoms with Crippen LogP contribution < -0.4 is 0 Å². The third-order valence-electron chi connectivity index (χ3n) is 2.29. The number of ether oxygens (including phenoxy) is 1. The summed E-state index contributed by atoms with van der Waals surface area (Å²) in [6.07, 6.45) is 2.08. The van der Waals surface area contributed by atoms with E-state index in [9.17, 15) is 5.11 Å². The second-order valence-corrected chi connectivity index (χ2v) is 4.22. The van der Waals surface area contributed by atoms with Gasteiger partial charge >= 0.3 is 0 Å². The van der Waals surface area contributed by atoms with Gasteiger partial charge in [-0.25, -0.2) is 4.98 Å². The van der Waals surface area contributed by atoms with Gasteiger partial charge in [0, 0.05) is 7.11 Å². The average molecular weight is 302 g/mol. The Hall–Kier alpha value is -1.25. The lowest BCUT2D eigenvalue weighted by atomic mass is 10.2. The molecule has 2 aromatic rings. The minimum absolute atomic E-state index is 0.380. The lowest BCUT2D eigenvalue weighted by Crippen LogP contribution is -2.14. The van der Waals surface area contributed by atoms with Crippen molar-refractivity contribution in [3.8, 4) is 0 Å². The molecule has 0 saturated heterocycles. The molecule has 1 atom stereocenters. The van der Waals surface area contributed by atoms with Crippen LogP contribution in [0, 0.1) is 0 Å². The monoisotopic (exact) mass is 301 g/mol. The molecule has 1 unspecified atom stereocenters. The van der Waals surface area contributed by atoms with Gasteiger partial charge in [-0.3, -0.25) is 9.78 Å². The number of H-pyrrole nitrogens is 1. The molecule has 17 heavy (non-hydrogen) atoms. The number of halogens is 1. The molecule has 92 valence electrons. The van der Waals surface area contributed by atoms with Gasteiger partial charge in [-0.15, -0.1) is 0 Å². The van der Waals surface area contributed by atoms with Crippen LogP contribution in [0.3, 0.4) is 0 Å². The fourth-order valence-electron chi connectivity index (χ4n) is 1.48. The topological polar surface area (TPSA) is 88.8 Å². The summed E-state index contributed by atoms with van der Waals surface area (Å²) in [5.74, 6) is 0.380. The van der Waals surface area contributed by atoms with Crippen LogP contribution in [0.2, 0.25) is 0 Å². The van der Waals surface area contributed by atoms with Crippen LogP contribution in [0.5, 0.6) is 0 Å². The Bertz CT molecular complexity index is 470. The molecule has 0 bridgehead atoms. The SMILES string of the molecule is COCCn1ncc(Br)c1C(O)c1ncn[nH]1. The van der Waals surface area contributed by atoms with Crippen molar-refractivity contribution in [2.24, 2.45) is 0 Å². The van der Waals surface area contributed by atoms with Gasteiger partial charge in [0.05, 0.1) is 29.5 Å². The fourth-order valence-corrected chi connectivity index (χ4v) is 1.99. The molecular weight excluding hydrogens is 290 g/mol. The van der Waals surface area contributed by atoms with Crippen LogP contribution in [-0.4, -0.2) is 43.8 Å². The summed E-state index contributed by atoms with van der Waals surface area (Å²) in [6.45, 7) is 1.08. The first kappa shape index (κ1) is 12.2. The van der Waals surface area contributed by atoms with Crippen LogP contribution in [-0.2, 0) is 11.3 Å². The molecule has 2 N–H and O–H groups in total. The third kappa shape index (κ3) is 2.54. The number of nitrogens with zero attached hydrogens (tertiary/aromatic N) is 4. The zero-order valence-corrected chi connectivity index (χ0v) is 10.8. The lowest BCUT2D eigenvalue weighted by molar-refractivity contribution is 0.168. The van der Waals surface area contributed by atoms with Crippen LogP contribution in [0.4, 0.5) is 0 Å². The summed E-state index contributed by atoms with van der Waals surface area (Å²) >= 11 is 3.35. The minimum atomic E-state index is -0.897. The average Bonchev–Trinajstić information content (AvgIpc) is 2.95. The number of aliphatic hydroxyl groups excluding tert-OH is 1. The molecular formula is C9H12BrN5O2. The zero-order valence-electron chi connectivity index (χ0n) is 9.17. The molecule has 0 fully saturated rings. The van der Waals surface area contributed by atoms with Gasteiger partial charge in [-0.05, 0) is 15.9 Å². The number of hydrogen-bond donors (Lipinski definition) is 2. The predicted molar refractivity (Wildman–Crippen MR) is 62.2 cm³/mol. The molecule has 0 aliphatic heterocycles. The standard InChI is InChI=1S/C9H12BrN5O2/c1-17-3-2-15-7(6(10)4-13-15)8(16)9-11-5-12-14-9/h4-5,8,16H,2-3H2,1H3,(H,11,12,14). The van der Waals surface area contributed by atoms with Gasteiger partial charge in [0.15, 0.2) is 11.9 Å². The first-order valence-corrected chi connectivity index (χ1v) is 5.76. The van der Waals surface area contributed by atoms with E-state index in [1.54, 1.807) is 18.0 Å². The van der Waals surface area contributed by atoms with E-state index in [2.05, 4.69) is 36.2 Å². The van der Waals surface area contributed by atoms with Crippen molar-refractivity contribution < 1.29 is 9.84 Å². The highest BCUT2D eigenvalue weighted by Crippen LogP contribution is 2.26. The summed E-state index contributed by atoms with van der Waals surface area (Å²) in [5, 5.41) is 20.7. The van der Waals surface area contributed by atoms with Gasteiger partial charge in [0.25, 0.3) is 0 Å². The number of aromatic amines is 1. The van der Waals surface area contributed by atoms with Crippen molar-refractivity contribution in [3.05, 3.63) is 28.5 Å². The Balaban J connectivity index is 2.27. The maximum absolute atomic E-state index is 10.2. The molecule has 2 aromatic heterocycles. The van der Waals surface area contributed by atoms with Crippen LogP contribution in [0.1, 0.15) is 17.6 Å². The van der Waals surface area contributed by atoms with E-state index in [4.69, 9.17) is 4.74 Å². The highest BCUT2D eigenvalue weighted by Gasteiger charge is 2.21. The number of aliphatic hydroxyl groups is 1. The second kappa shape index (κ2) is 5.39. The van der Waals surface area contributed by atoms with Crippen LogP contribution >= 0.6 is 15.9 Å². The Labute approximate surface area is 106 Å². The highest BCUT2D eigenvalue weighted by molar-refractivity contribution is 9.10. The maximum atomic E-state index is 10.2. The lowest BCUT2D eigenvalue weighted by Gasteiger charge is -2.11. The number of methoxy groups -OCH3 is 1. The first-order valence-electron chi connectivity index (χ1n) is 4.97. The number of aromatic nitrogens is 5. The molecule has 0 spiro atoms. The molecule has 8 heteroatoms. The van der Waals surface area contributed by atoms with Gasteiger partial charge in [0.2, 0.25) is 0 Å².